The Bertz CT molecular complexity index is 614. The summed E-state index contributed by atoms with van der Waals surface area (Å²) in [6, 6.07) is 0. The van der Waals surface area contributed by atoms with Gasteiger partial charge in [0.2, 0.25) is 0 Å². The van der Waals surface area contributed by atoms with Crippen molar-refractivity contribution >= 4 is 23.5 Å². The van der Waals surface area contributed by atoms with Crippen LogP contribution < -0.4 is 0 Å². The first-order valence-electron chi connectivity index (χ1n) is 9.53. The second-order valence-corrected chi connectivity index (χ2v) is 7.02. The van der Waals surface area contributed by atoms with Gasteiger partial charge in [-0.2, -0.15) is 0 Å². The Morgan fingerprint density at radius 3 is 1.52 bits per heavy atom. The molecular formula is C21H30O6. The Morgan fingerprint density at radius 1 is 0.778 bits per heavy atom. The molecule has 0 bridgehead atoms. The molecule has 0 aromatic rings. The molecule has 2 aliphatic rings. The predicted octanol–water partition coefficient (Wildman–Crippen LogP) is 3.20. The summed E-state index contributed by atoms with van der Waals surface area (Å²) in [6.45, 7) is 13.0. The molecule has 0 heterocycles. The highest BCUT2D eigenvalue weighted by Crippen LogP contribution is 2.33. The summed E-state index contributed by atoms with van der Waals surface area (Å²) in [5, 5.41) is 0. The topological polar surface area (TPSA) is 86.7 Å². The fourth-order valence-corrected chi connectivity index (χ4v) is 2.92. The molecule has 2 saturated carbocycles. The van der Waals surface area contributed by atoms with Crippen molar-refractivity contribution in [1.82, 2.24) is 0 Å². The summed E-state index contributed by atoms with van der Waals surface area (Å²) < 4.78 is 9.40. The maximum Gasteiger partial charge on any atom is 0.341 e. The zero-order valence-corrected chi connectivity index (χ0v) is 16.5. The van der Waals surface area contributed by atoms with Crippen LogP contribution in [0.4, 0.5) is 0 Å². The van der Waals surface area contributed by atoms with Crippen LogP contribution in [0.25, 0.3) is 0 Å². The Labute approximate surface area is 161 Å². The van der Waals surface area contributed by atoms with Gasteiger partial charge in [0.25, 0.3) is 0 Å². The third kappa shape index (κ3) is 7.12. The molecule has 150 valence electrons. The van der Waals surface area contributed by atoms with Crippen molar-refractivity contribution < 1.29 is 28.7 Å². The largest absolute Gasteiger partial charge is 0.462 e. The third-order valence-electron chi connectivity index (χ3n) is 4.65. The molecule has 0 aliphatic heterocycles. The molecule has 0 spiro atoms. The van der Waals surface area contributed by atoms with Gasteiger partial charge in [-0.25, -0.2) is 9.59 Å². The average molecular weight is 378 g/mol. The van der Waals surface area contributed by atoms with E-state index in [0.29, 0.717) is 5.92 Å². The number of esters is 2. The molecule has 0 aromatic heterocycles. The summed E-state index contributed by atoms with van der Waals surface area (Å²) in [4.78, 5) is 45.3. The highest BCUT2D eigenvalue weighted by atomic mass is 16.5. The molecule has 6 heteroatoms. The molecule has 6 nitrogen and oxygen atoms in total. The van der Waals surface area contributed by atoms with Gasteiger partial charge in [0.1, 0.15) is 0 Å². The quantitative estimate of drug-likeness (QED) is 0.279. The van der Waals surface area contributed by atoms with Crippen LogP contribution >= 0.6 is 0 Å². The lowest BCUT2D eigenvalue weighted by atomic mass is 9.96. The fraction of sp³-hybridized carbons (Fsp3) is 0.619. The molecule has 0 saturated heterocycles. The normalized spacial score (nSPS) is 20.7. The molecule has 0 aromatic carbocycles. The van der Waals surface area contributed by atoms with Crippen molar-refractivity contribution in [1.29, 1.82) is 0 Å². The zero-order chi connectivity index (χ0) is 20.6. The number of rotatable bonds is 8. The minimum atomic E-state index is -0.575. The fourth-order valence-electron chi connectivity index (χ4n) is 2.92. The second kappa shape index (κ2) is 10.8. The van der Waals surface area contributed by atoms with Gasteiger partial charge in [-0.05, 0) is 51.9 Å². The predicted molar refractivity (Wildman–Crippen MR) is 101 cm³/mol. The number of ether oxygens (including phenoxy) is 2. The van der Waals surface area contributed by atoms with Gasteiger partial charge in [-0.1, -0.05) is 20.1 Å². The molecule has 2 atom stereocenters. The Hall–Kier alpha value is -2.24. The van der Waals surface area contributed by atoms with Crippen LogP contribution in [0, 0.1) is 17.8 Å². The lowest BCUT2D eigenvalue weighted by Gasteiger charge is -2.09. The van der Waals surface area contributed by atoms with Crippen molar-refractivity contribution in [3.05, 3.63) is 24.3 Å². The van der Waals surface area contributed by atoms with E-state index in [1.807, 2.05) is 0 Å². The van der Waals surface area contributed by atoms with Crippen LogP contribution in [0.5, 0.6) is 0 Å². The first-order valence-corrected chi connectivity index (χ1v) is 9.53. The minimum absolute atomic E-state index is 0.000602. The van der Waals surface area contributed by atoms with E-state index in [0.717, 1.165) is 32.1 Å². The van der Waals surface area contributed by atoms with E-state index in [2.05, 4.69) is 24.8 Å². The van der Waals surface area contributed by atoms with Crippen LogP contribution in [0.15, 0.2) is 24.3 Å². The van der Waals surface area contributed by atoms with E-state index in [-0.39, 0.29) is 47.8 Å². The number of hydrogen-bond donors (Lipinski definition) is 0. The minimum Gasteiger partial charge on any atom is -0.462 e. The molecule has 2 rings (SSSR count). The van der Waals surface area contributed by atoms with Crippen LogP contribution in [0.3, 0.4) is 0 Å². The van der Waals surface area contributed by atoms with E-state index in [9.17, 15) is 19.2 Å². The molecule has 2 fully saturated rings. The van der Waals surface area contributed by atoms with E-state index in [1.54, 1.807) is 13.8 Å². The maximum atomic E-state index is 11.8. The highest BCUT2D eigenvalue weighted by Gasteiger charge is 2.34. The third-order valence-corrected chi connectivity index (χ3v) is 4.65. The number of ketones is 2. The van der Waals surface area contributed by atoms with Gasteiger partial charge in [0.05, 0.1) is 24.4 Å². The van der Waals surface area contributed by atoms with Crippen LogP contribution in [-0.2, 0) is 28.7 Å². The summed E-state index contributed by atoms with van der Waals surface area (Å²) >= 11 is 0. The first kappa shape index (κ1) is 22.8. The van der Waals surface area contributed by atoms with Gasteiger partial charge < -0.3 is 9.47 Å². The van der Waals surface area contributed by atoms with Crippen LogP contribution in [0.2, 0.25) is 0 Å². The van der Waals surface area contributed by atoms with E-state index in [4.69, 9.17) is 4.74 Å². The number of carbonyl (C=O) groups is 4. The summed E-state index contributed by atoms with van der Waals surface area (Å²) in [5.41, 5.74) is 0.00954. The number of carbonyl (C=O) groups excluding carboxylic acids is 4. The smallest absolute Gasteiger partial charge is 0.341 e. The number of hydrogen-bond acceptors (Lipinski definition) is 6. The van der Waals surface area contributed by atoms with Crippen molar-refractivity contribution in [2.24, 2.45) is 17.8 Å². The van der Waals surface area contributed by atoms with Crippen molar-refractivity contribution in [2.75, 3.05) is 13.2 Å². The van der Waals surface area contributed by atoms with Gasteiger partial charge in [-0.3, -0.25) is 9.59 Å². The van der Waals surface area contributed by atoms with E-state index >= 15 is 0 Å². The lowest BCUT2D eigenvalue weighted by molar-refractivity contribution is -0.141. The maximum absolute atomic E-state index is 11.8. The summed E-state index contributed by atoms with van der Waals surface area (Å²) in [7, 11) is 0. The first-order chi connectivity index (χ1) is 12.7. The van der Waals surface area contributed by atoms with E-state index < -0.39 is 11.9 Å². The molecular weight excluding hydrogens is 348 g/mol. The Morgan fingerprint density at radius 2 is 1.19 bits per heavy atom. The van der Waals surface area contributed by atoms with E-state index in [1.165, 1.54) is 0 Å². The standard InChI is InChI=1S/C12H18O3.C9H12O3/c1-4-15-12(14)9(3)11(13)10-6-5-8(2)7-10;1-3-12-9(11)6(2)8(10)7-4-5-7/h8,10H,3-7H2,1-2H3;7H,2-5H2,1H3. The number of Topliss-reactive ketones (excluding diaryl/α,β-unsaturated/α-hetero) is 2. The summed E-state index contributed by atoms with van der Waals surface area (Å²) in [5.74, 6) is -0.810. The van der Waals surface area contributed by atoms with Crippen LogP contribution in [0.1, 0.15) is 52.9 Å². The van der Waals surface area contributed by atoms with Gasteiger partial charge in [0.15, 0.2) is 11.6 Å². The highest BCUT2D eigenvalue weighted by molar-refractivity contribution is 6.18. The molecule has 0 radical (unpaired) electrons. The molecule has 27 heavy (non-hydrogen) atoms. The van der Waals surface area contributed by atoms with Crippen molar-refractivity contribution in [3.63, 3.8) is 0 Å². The molecule has 0 amide bonds. The average Bonchev–Trinajstić information content (AvgIpc) is 3.41. The SMILES string of the molecule is C=C(C(=O)OCC)C(=O)C1CC1.C=C(C(=O)OCC)C(=O)C1CCC(C)C1. The van der Waals surface area contributed by atoms with Gasteiger partial charge in [0, 0.05) is 11.8 Å². The molecule has 2 aliphatic carbocycles. The Balaban J connectivity index is 0.000000277. The van der Waals surface area contributed by atoms with Gasteiger partial charge in [-0.15, -0.1) is 0 Å². The lowest BCUT2D eigenvalue weighted by Crippen LogP contribution is -2.20. The molecule has 2 unspecified atom stereocenters. The van der Waals surface area contributed by atoms with Crippen molar-refractivity contribution in [3.8, 4) is 0 Å². The molecule has 0 N–H and O–H groups in total. The second-order valence-electron chi connectivity index (χ2n) is 7.02. The summed E-state index contributed by atoms with van der Waals surface area (Å²) in [6.07, 6.45) is 4.58. The zero-order valence-electron chi connectivity index (χ0n) is 16.5. The Kier molecular flexibility index (Phi) is 9.12. The van der Waals surface area contributed by atoms with Crippen LogP contribution in [-0.4, -0.2) is 36.7 Å². The van der Waals surface area contributed by atoms with Crippen molar-refractivity contribution in [2.45, 2.75) is 52.9 Å². The monoisotopic (exact) mass is 378 g/mol. The van der Waals surface area contributed by atoms with Gasteiger partial charge >= 0.3 is 11.9 Å².